The van der Waals surface area contributed by atoms with Crippen LogP contribution >= 0.6 is 0 Å². The molecule has 0 aromatic carbocycles. The van der Waals surface area contributed by atoms with E-state index in [4.69, 9.17) is 9.47 Å². The molecule has 0 bridgehead atoms. The second-order valence-electron chi connectivity index (χ2n) is 6.78. The first-order chi connectivity index (χ1) is 10.4. The number of ether oxygens (including phenoxy) is 2. The third-order valence-electron chi connectivity index (χ3n) is 5.51. The van der Waals surface area contributed by atoms with Gasteiger partial charge in [0.15, 0.2) is 0 Å². The van der Waals surface area contributed by atoms with Gasteiger partial charge in [0.25, 0.3) is 0 Å². The van der Waals surface area contributed by atoms with Crippen LogP contribution in [0.1, 0.15) is 39.0 Å². The minimum absolute atomic E-state index is 0.0214. The predicted octanol–water partition coefficient (Wildman–Crippen LogP) is 3.10. The Bertz CT molecular complexity index is 637. The molecule has 0 aromatic heterocycles. The van der Waals surface area contributed by atoms with Gasteiger partial charge in [-0.2, -0.15) is 0 Å². The highest BCUT2D eigenvalue weighted by molar-refractivity contribution is 6.23. The maximum atomic E-state index is 12.7. The van der Waals surface area contributed by atoms with Crippen molar-refractivity contribution < 1.29 is 19.1 Å². The average molecular weight is 302 g/mol. The lowest BCUT2D eigenvalue weighted by Crippen LogP contribution is -2.41. The first-order valence-corrected chi connectivity index (χ1v) is 7.74. The van der Waals surface area contributed by atoms with Crippen molar-refractivity contribution in [3.8, 4) is 0 Å². The molecule has 2 atom stereocenters. The van der Waals surface area contributed by atoms with Gasteiger partial charge in [-0.1, -0.05) is 19.1 Å². The van der Waals surface area contributed by atoms with Crippen molar-refractivity contribution in [2.24, 2.45) is 11.3 Å². The van der Waals surface area contributed by atoms with Crippen molar-refractivity contribution in [2.45, 2.75) is 39.0 Å². The van der Waals surface area contributed by atoms with Gasteiger partial charge in [0, 0.05) is 11.1 Å². The van der Waals surface area contributed by atoms with Gasteiger partial charge >= 0.3 is 0 Å². The Balaban J connectivity index is 2.07. The van der Waals surface area contributed by atoms with Gasteiger partial charge in [0.1, 0.15) is 0 Å². The van der Waals surface area contributed by atoms with Crippen LogP contribution in [0.5, 0.6) is 0 Å². The van der Waals surface area contributed by atoms with Crippen molar-refractivity contribution >= 4 is 11.6 Å². The molecule has 22 heavy (non-hydrogen) atoms. The standard InChI is InChI=1S/C18H22O4/c1-10-6-5-7-18(2)9-12-11(8-13(10)18)14(19)16(21-3)17(22-4)15(12)20/h13H,1,5-9H2,2-4H3/t13-,18+/m1/s1. The fourth-order valence-corrected chi connectivity index (χ4v) is 4.30. The van der Waals surface area contributed by atoms with Gasteiger partial charge in [-0.25, -0.2) is 0 Å². The predicted molar refractivity (Wildman–Crippen MR) is 81.9 cm³/mol. The highest BCUT2D eigenvalue weighted by atomic mass is 16.5. The molecule has 0 amide bonds. The van der Waals surface area contributed by atoms with Gasteiger partial charge in [0.2, 0.25) is 23.1 Å². The Morgan fingerprint density at radius 2 is 1.68 bits per heavy atom. The van der Waals surface area contributed by atoms with Crippen molar-refractivity contribution in [1.82, 2.24) is 0 Å². The minimum Gasteiger partial charge on any atom is -0.489 e. The van der Waals surface area contributed by atoms with Crippen LogP contribution in [0.15, 0.2) is 34.8 Å². The molecule has 3 aliphatic rings. The van der Waals surface area contributed by atoms with Crippen LogP contribution < -0.4 is 0 Å². The molecule has 118 valence electrons. The number of methoxy groups -OCH3 is 2. The summed E-state index contributed by atoms with van der Waals surface area (Å²) >= 11 is 0. The second kappa shape index (κ2) is 5.11. The molecule has 0 aromatic rings. The van der Waals surface area contributed by atoms with Crippen LogP contribution in [-0.4, -0.2) is 25.8 Å². The normalized spacial score (nSPS) is 32.0. The number of fused-ring (bicyclic) bond motifs is 1. The summed E-state index contributed by atoms with van der Waals surface area (Å²) in [6.45, 7) is 6.42. The summed E-state index contributed by atoms with van der Waals surface area (Å²) in [6, 6.07) is 0. The maximum absolute atomic E-state index is 12.7. The Hall–Kier alpha value is -1.84. The lowest BCUT2D eigenvalue weighted by molar-refractivity contribution is -0.122. The van der Waals surface area contributed by atoms with E-state index in [2.05, 4.69) is 13.5 Å². The summed E-state index contributed by atoms with van der Waals surface area (Å²) < 4.78 is 10.3. The van der Waals surface area contributed by atoms with E-state index in [-0.39, 0.29) is 34.4 Å². The first-order valence-electron chi connectivity index (χ1n) is 7.74. The van der Waals surface area contributed by atoms with Crippen molar-refractivity contribution in [3.05, 3.63) is 34.8 Å². The van der Waals surface area contributed by atoms with Crippen molar-refractivity contribution in [1.29, 1.82) is 0 Å². The lowest BCUT2D eigenvalue weighted by Gasteiger charge is -2.47. The van der Waals surface area contributed by atoms with Crippen LogP contribution in [0.4, 0.5) is 0 Å². The number of Topliss-reactive ketones (excluding diaryl/α,β-unsaturated/α-hetero) is 2. The highest BCUT2D eigenvalue weighted by Gasteiger charge is 2.49. The molecular formula is C18H22O4. The smallest absolute Gasteiger partial charge is 0.228 e. The van der Waals surface area contributed by atoms with Crippen LogP contribution in [0.2, 0.25) is 0 Å². The SMILES string of the molecule is C=C1CCC[C@@]2(C)CC3=C(C[C@H]12)C(=O)C(OC)=C(OC)C3=O. The molecule has 0 spiro atoms. The van der Waals surface area contributed by atoms with E-state index < -0.39 is 0 Å². The number of hydrogen-bond donors (Lipinski definition) is 0. The van der Waals surface area contributed by atoms with Crippen LogP contribution in [0, 0.1) is 11.3 Å². The van der Waals surface area contributed by atoms with E-state index in [0.717, 1.165) is 19.3 Å². The van der Waals surface area contributed by atoms with Crippen molar-refractivity contribution in [3.63, 3.8) is 0 Å². The van der Waals surface area contributed by atoms with Gasteiger partial charge in [0.05, 0.1) is 14.2 Å². The summed E-state index contributed by atoms with van der Waals surface area (Å²) in [5.74, 6) is -0.0302. The molecular weight excluding hydrogens is 280 g/mol. The molecule has 4 heteroatoms. The lowest BCUT2D eigenvalue weighted by atomic mass is 9.56. The second-order valence-corrected chi connectivity index (χ2v) is 6.78. The van der Waals surface area contributed by atoms with Crippen molar-refractivity contribution in [2.75, 3.05) is 14.2 Å². The zero-order valence-corrected chi connectivity index (χ0v) is 13.5. The molecule has 0 N–H and O–H groups in total. The van der Waals surface area contributed by atoms with E-state index >= 15 is 0 Å². The third kappa shape index (κ3) is 1.97. The molecule has 0 heterocycles. The third-order valence-corrected chi connectivity index (χ3v) is 5.51. The van der Waals surface area contributed by atoms with E-state index in [0.29, 0.717) is 24.0 Å². The molecule has 0 radical (unpaired) electrons. The molecule has 1 saturated carbocycles. The number of ketones is 2. The summed E-state index contributed by atoms with van der Waals surface area (Å²) in [4.78, 5) is 25.4. The maximum Gasteiger partial charge on any atom is 0.228 e. The topological polar surface area (TPSA) is 52.6 Å². The molecule has 4 nitrogen and oxygen atoms in total. The molecule has 0 saturated heterocycles. The van der Waals surface area contributed by atoms with Crippen LogP contribution in [-0.2, 0) is 19.1 Å². The monoisotopic (exact) mass is 302 g/mol. The fourth-order valence-electron chi connectivity index (χ4n) is 4.30. The van der Waals surface area contributed by atoms with Gasteiger partial charge < -0.3 is 9.47 Å². The molecule has 0 aliphatic heterocycles. The Labute approximate surface area is 130 Å². The van der Waals surface area contributed by atoms with Crippen LogP contribution in [0.3, 0.4) is 0 Å². The quantitative estimate of drug-likeness (QED) is 0.581. The Morgan fingerprint density at radius 3 is 2.27 bits per heavy atom. The van der Waals surface area contributed by atoms with E-state index in [1.807, 2.05) is 0 Å². The first kappa shape index (κ1) is 15.1. The van der Waals surface area contributed by atoms with Gasteiger partial charge in [-0.05, 0) is 43.4 Å². The van der Waals surface area contributed by atoms with Crippen LogP contribution in [0.25, 0.3) is 0 Å². The summed E-state index contributed by atoms with van der Waals surface area (Å²) in [5, 5.41) is 0. The van der Waals surface area contributed by atoms with E-state index in [1.54, 1.807) is 0 Å². The summed E-state index contributed by atoms with van der Waals surface area (Å²) in [5.41, 5.74) is 2.46. The number of hydrogen-bond acceptors (Lipinski definition) is 4. The van der Waals surface area contributed by atoms with Gasteiger partial charge in [-0.3, -0.25) is 9.59 Å². The van der Waals surface area contributed by atoms with E-state index in [1.165, 1.54) is 19.8 Å². The molecule has 3 rings (SSSR count). The number of allylic oxidation sites excluding steroid dienone is 3. The number of rotatable bonds is 2. The molecule has 1 fully saturated rings. The summed E-state index contributed by atoms with van der Waals surface area (Å²) in [7, 11) is 2.80. The van der Waals surface area contributed by atoms with Gasteiger partial charge in [-0.15, -0.1) is 0 Å². The highest BCUT2D eigenvalue weighted by Crippen LogP contribution is 2.55. The van der Waals surface area contributed by atoms with E-state index in [9.17, 15) is 9.59 Å². The Morgan fingerprint density at radius 1 is 1.09 bits per heavy atom. The average Bonchev–Trinajstić information content (AvgIpc) is 2.49. The molecule has 3 aliphatic carbocycles. The Kier molecular flexibility index (Phi) is 3.50. The largest absolute Gasteiger partial charge is 0.489 e. The zero-order chi connectivity index (χ0) is 16.1. The fraction of sp³-hybridized carbons (Fsp3) is 0.556. The molecule has 0 unspecified atom stereocenters. The number of carbonyl (C=O) groups is 2. The zero-order valence-electron chi connectivity index (χ0n) is 13.5. The summed E-state index contributed by atoms with van der Waals surface area (Å²) in [6.07, 6.45) is 4.41. The number of carbonyl (C=O) groups excluding carboxylic acids is 2. The minimum atomic E-state index is -0.200.